The Balaban J connectivity index is 0.00000200. The third-order valence-electron chi connectivity index (χ3n) is 2.28. The number of nitrogens with two attached hydrogens (primary N) is 1. The monoisotopic (exact) mass is 303 g/mol. The summed E-state index contributed by atoms with van der Waals surface area (Å²) in [5, 5.41) is 0. The topological polar surface area (TPSA) is 107 Å². The van der Waals surface area contributed by atoms with Crippen LogP contribution < -0.4 is 15.2 Å². The van der Waals surface area contributed by atoms with Crippen molar-refractivity contribution in [2.75, 3.05) is 17.6 Å². The van der Waals surface area contributed by atoms with Crippen LogP contribution in [-0.4, -0.2) is 55.1 Å². The Morgan fingerprint density at radius 1 is 1.15 bits per heavy atom. The van der Waals surface area contributed by atoms with Gasteiger partial charge in [-0.05, 0) is 24.3 Å². The molecule has 0 saturated carbocycles. The van der Waals surface area contributed by atoms with Gasteiger partial charge in [-0.2, -0.15) is 0 Å². The number of hydrogen-bond acceptors (Lipinski definition) is 6. The summed E-state index contributed by atoms with van der Waals surface area (Å²) in [6.07, 6.45) is 2.74. The van der Waals surface area contributed by atoms with Crippen molar-refractivity contribution in [2.45, 2.75) is 4.90 Å². The van der Waals surface area contributed by atoms with Crippen LogP contribution in [0.1, 0.15) is 0 Å². The second-order valence-corrected chi connectivity index (χ2v) is 5.30. The van der Waals surface area contributed by atoms with E-state index in [9.17, 15) is 8.42 Å². The molecule has 1 aromatic carbocycles. The predicted molar refractivity (Wildman–Crippen MR) is 76.0 cm³/mol. The molecule has 0 atom stereocenters. The Morgan fingerprint density at radius 3 is 2.20 bits per heavy atom. The molecule has 0 spiro atoms. The molecule has 9 heteroatoms. The van der Waals surface area contributed by atoms with Crippen LogP contribution in [0.4, 0.5) is 11.6 Å². The van der Waals surface area contributed by atoms with E-state index in [1.165, 1.54) is 43.8 Å². The number of nitrogen functional groups attached to an aromatic ring is 1. The van der Waals surface area contributed by atoms with E-state index in [1.54, 1.807) is 0 Å². The van der Waals surface area contributed by atoms with E-state index >= 15 is 0 Å². The maximum absolute atomic E-state index is 12.0. The normalized spacial score (nSPS) is 10.4. The molecule has 101 valence electrons. The van der Waals surface area contributed by atoms with E-state index in [1.807, 2.05) is 0 Å². The minimum atomic E-state index is -3.72. The van der Waals surface area contributed by atoms with Crippen LogP contribution in [0.25, 0.3) is 0 Å². The summed E-state index contributed by atoms with van der Waals surface area (Å²) < 4.78 is 31.1. The largest absolute Gasteiger partial charge is 0.494 e. The summed E-state index contributed by atoms with van der Waals surface area (Å²) in [4.78, 5) is 7.74. The molecule has 1 radical (unpaired) electrons. The summed E-state index contributed by atoms with van der Waals surface area (Å²) in [6, 6.07) is 5.81. The Kier molecular flexibility index (Phi) is 5.75. The van der Waals surface area contributed by atoms with E-state index in [0.717, 1.165) is 0 Å². The van der Waals surface area contributed by atoms with Gasteiger partial charge >= 0.3 is 0 Å². The quantitative estimate of drug-likeness (QED) is 0.628. The van der Waals surface area contributed by atoms with Gasteiger partial charge in [-0.1, -0.05) is 0 Å². The molecule has 7 nitrogen and oxygen atoms in total. The maximum Gasteiger partial charge on any atom is 0.264 e. The Labute approximate surface area is 138 Å². The standard InChI is InChI=1S/C11H12N4O3S.Na/c1-18-9-6-13-11(14-7-9)15-19(16,17)10-4-2-8(12)3-5-10;/h2-7H,12H2,1H3,(H,13,14,15);. The Hall–Kier alpha value is -1.35. The van der Waals surface area contributed by atoms with Gasteiger partial charge in [0.15, 0.2) is 5.75 Å². The molecule has 0 unspecified atom stereocenters. The van der Waals surface area contributed by atoms with E-state index in [-0.39, 0.29) is 40.4 Å². The number of hydrogen-bond donors (Lipinski definition) is 2. The van der Waals surface area contributed by atoms with Crippen molar-refractivity contribution in [3.05, 3.63) is 36.7 Å². The van der Waals surface area contributed by atoms with Crippen LogP contribution in [0.2, 0.25) is 0 Å². The molecule has 3 N–H and O–H groups in total. The van der Waals surface area contributed by atoms with Crippen molar-refractivity contribution in [1.29, 1.82) is 0 Å². The first kappa shape index (κ1) is 16.7. The zero-order valence-corrected chi connectivity index (χ0v) is 13.9. The third kappa shape index (κ3) is 4.07. The summed E-state index contributed by atoms with van der Waals surface area (Å²) in [5.74, 6) is 0.410. The van der Waals surface area contributed by atoms with Gasteiger partial charge in [-0.15, -0.1) is 0 Å². The van der Waals surface area contributed by atoms with Gasteiger partial charge < -0.3 is 10.5 Å². The Bertz CT molecular complexity index is 659. The molecule has 0 aliphatic rings. The molecule has 1 heterocycles. The minimum absolute atomic E-state index is 0. The zero-order valence-electron chi connectivity index (χ0n) is 11.1. The Morgan fingerprint density at radius 2 is 1.70 bits per heavy atom. The SMILES string of the molecule is COc1cnc(NS(=O)(=O)c2ccc(N)cc2)nc1.[Na]. The van der Waals surface area contributed by atoms with Crippen molar-refractivity contribution in [1.82, 2.24) is 9.97 Å². The first-order valence-electron chi connectivity index (χ1n) is 5.25. The summed E-state index contributed by atoms with van der Waals surface area (Å²) in [7, 11) is -2.25. The van der Waals surface area contributed by atoms with Gasteiger partial charge in [-0.3, -0.25) is 0 Å². The fourth-order valence-corrected chi connectivity index (χ4v) is 2.26. The van der Waals surface area contributed by atoms with E-state index < -0.39 is 10.0 Å². The molecule has 20 heavy (non-hydrogen) atoms. The van der Waals surface area contributed by atoms with Gasteiger partial charge in [0.25, 0.3) is 10.0 Å². The van der Waals surface area contributed by atoms with Gasteiger partial charge in [0.2, 0.25) is 5.95 Å². The molecule has 0 aliphatic heterocycles. The molecular formula is C11H12N4NaO3S. The number of sulfonamides is 1. The number of methoxy groups -OCH3 is 1. The van der Waals surface area contributed by atoms with Crippen LogP contribution in [0, 0.1) is 0 Å². The van der Waals surface area contributed by atoms with Gasteiger partial charge in [0.1, 0.15) is 0 Å². The average molecular weight is 303 g/mol. The van der Waals surface area contributed by atoms with E-state index in [4.69, 9.17) is 10.5 Å². The van der Waals surface area contributed by atoms with Gasteiger partial charge in [0.05, 0.1) is 24.4 Å². The number of nitrogens with zero attached hydrogens (tertiary/aromatic N) is 2. The molecule has 2 rings (SSSR count). The maximum atomic E-state index is 12.0. The summed E-state index contributed by atoms with van der Waals surface area (Å²) in [5.41, 5.74) is 5.99. The fraction of sp³-hybridized carbons (Fsp3) is 0.0909. The molecule has 0 bridgehead atoms. The molecule has 2 aromatic rings. The van der Waals surface area contributed by atoms with E-state index in [2.05, 4.69) is 14.7 Å². The fourth-order valence-electron chi connectivity index (χ4n) is 1.30. The summed E-state index contributed by atoms with van der Waals surface area (Å²) in [6.45, 7) is 0. The predicted octanol–water partition coefficient (Wildman–Crippen LogP) is 0.487. The van der Waals surface area contributed by atoms with Crippen molar-refractivity contribution in [3.63, 3.8) is 0 Å². The van der Waals surface area contributed by atoms with Crippen molar-refractivity contribution < 1.29 is 13.2 Å². The molecule has 0 saturated heterocycles. The number of rotatable bonds is 4. The smallest absolute Gasteiger partial charge is 0.264 e. The number of anilines is 2. The first-order valence-corrected chi connectivity index (χ1v) is 6.74. The molecule has 0 fully saturated rings. The van der Waals surface area contributed by atoms with Crippen molar-refractivity contribution in [2.24, 2.45) is 0 Å². The van der Waals surface area contributed by atoms with Crippen LogP contribution in [0.3, 0.4) is 0 Å². The van der Waals surface area contributed by atoms with E-state index in [0.29, 0.717) is 11.4 Å². The summed E-state index contributed by atoms with van der Waals surface area (Å²) >= 11 is 0. The van der Waals surface area contributed by atoms with Crippen molar-refractivity contribution in [3.8, 4) is 5.75 Å². The van der Waals surface area contributed by atoms with Crippen LogP contribution in [-0.2, 0) is 10.0 Å². The van der Waals surface area contributed by atoms with Crippen molar-refractivity contribution >= 4 is 51.2 Å². The average Bonchev–Trinajstić information content (AvgIpc) is 2.40. The minimum Gasteiger partial charge on any atom is -0.494 e. The number of ether oxygens (including phenoxy) is 1. The molecule has 1 aromatic heterocycles. The second-order valence-electron chi connectivity index (χ2n) is 3.62. The number of benzene rings is 1. The third-order valence-corrected chi connectivity index (χ3v) is 3.62. The number of aromatic nitrogens is 2. The van der Waals surface area contributed by atoms with Crippen LogP contribution >= 0.6 is 0 Å². The zero-order chi connectivity index (χ0) is 13.9. The van der Waals surface area contributed by atoms with Gasteiger partial charge in [-0.25, -0.2) is 23.1 Å². The molecule has 0 amide bonds. The van der Waals surface area contributed by atoms with Gasteiger partial charge in [0, 0.05) is 35.2 Å². The molecular weight excluding hydrogens is 291 g/mol. The van der Waals surface area contributed by atoms with Crippen LogP contribution in [0.5, 0.6) is 5.75 Å². The molecule has 0 aliphatic carbocycles. The van der Waals surface area contributed by atoms with Crippen LogP contribution in [0.15, 0.2) is 41.6 Å². The first-order chi connectivity index (χ1) is 9.01. The number of nitrogens with one attached hydrogen (secondary N) is 1. The second kappa shape index (κ2) is 6.89.